The minimum absolute atomic E-state index is 0.330. The highest BCUT2D eigenvalue weighted by Gasteiger charge is 2.31. The fourth-order valence-electron chi connectivity index (χ4n) is 2.28. The van der Waals surface area contributed by atoms with Gasteiger partial charge in [-0.05, 0) is 31.5 Å². The van der Waals surface area contributed by atoms with E-state index < -0.39 is 17.9 Å². The third-order valence-electron chi connectivity index (χ3n) is 3.26. The number of hydrogen-bond acceptors (Lipinski definition) is 5. The van der Waals surface area contributed by atoms with Crippen LogP contribution in [0.25, 0.3) is 0 Å². The van der Waals surface area contributed by atoms with Gasteiger partial charge in [0.15, 0.2) is 0 Å². The summed E-state index contributed by atoms with van der Waals surface area (Å²) in [5, 5.41) is 2.62. The molecule has 1 rings (SSSR count). The summed E-state index contributed by atoms with van der Waals surface area (Å²) in [6, 6.07) is 5.46. The zero-order valence-corrected chi connectivity index (χ0v) is 13.0. The van der Waals surface area contributed by atoms with E-state index in [0.29, 0.717) is 11.1 Å². The van der Waals surface area contributed by atoms with E-state index in [2.05, 4.69) is 10.1 Å². The van der Waals surface area contributed by atoms with Gasteiger partial charge in [-0.3, -0.25) is 14.4 Å². The molecule has 0 radical (unpaired) electrons. The standard InChI is InChI=1S/C16H19NO5/c1-9(18)14(10(2)19)15(17-11(3)20)12-5-7-13(8-6-12)16(21)22-4/h5-8,14-15H,1-4H3,(H,17,20). The first-order valence-electron chi connectivity index (χ1n) is 6.74. The molecule has 0 heterocycles. The number of carbonyl (C=O) groups excluding carboxylic acids is 4. The Morgan fingerprint density at radius 1 is 0.955 bits per heavy atom. The van der Waals surface area contributed by atoms with Crippen molar-refractivity contribution >= 4 is 23.4 Å². The van der Waals surface area contributed by atoms with Crippen molar-refractivity contribution in [1.82, 2.24) is 5.32 Å². The number of rotatable bonds is 6. The van der Waals surface area contributed by atoms with Crippen LogP contribution in [0, 0.1) is 5.92 Å². The zero-order chi connectivity index (χ0) is 16.9. The van der Waals surface area contributed by atoms with Gasteiger partial charge in [0, 0.05) is 6.92 Å². The Morgan fingerprint density at radius 3 is 1.82 bits per heavy atom. The minimum atomic E-state index is -0.965. The monoisotopic (exact) mass is 305 g/mol. The lowest BCUT2D eigenvalue weighted by Crippen LogP contribution is -2.38. The van der Waals surface area contributed by atoms with E-state index in [1.807, 2.05) is 0 Å². The van der Waals surface area contributed by atoms with Crippen LogP contribution in [0.3, 0.4) is 0 Å². The number of esters is 1. The molecular formula is C16H19NO5. The SMILES string of the molecule is COC(=O)c1ccc(C(NC(C)=O)C(C(C)=O)C(C)=O)cc1. The van der Waals surface area contributed by atoms with Crippen molar-refractivity contribution in [1.29, 1.82) is 0 Å². The van der Waals surface area contributed by atoms with Gasteiger partial charge in [0.05, 0.1) is 18.7 Å². The molecule has 1 atom stereocenters. The van der Waals surface area contributed by atoms with E-state index in [-0.39, 0.29) is 17.5 Å². The molecular weight excluding hydrogens is 286 g/mol. The molecule has 0 bridgehead atoms. The third kappa shape index (κ3) is 4.25. The summed E-state index contributed by atoms with van der Waals surface area (Å²) in [7, 11) is 1.28. The molecule has 0 aliphatic heterocycles. The Morgan fingerprint density at radius 2 is 1.45 bits per heavy atom. The topological polar surface area (TPSA) is 89.5 Å². The number of Topliss-reactive ketones (excluding diaryl/α,β-unsaturated/α-hetero) is 2. The van der Waals surface area contributed by atoms with Gasteiger partial charge in [0.25, 0.3) is 0 Å². The Kier molecular flexibility index (Phi) is 5.98. The highest BCUT2D eigenvalue weighted by molar-refractivity contribution is 6.01. The first-order chi connectivity index (χ1) is 10.3. The van der Waals surface area contributed by atoms with Gasteiger partial charge in [-0.25, -0.2) is 4.79 Å². The van der Waals surface area contributed by atoms with Crippen LogP contribution < -0.4 is 5.32 Å². The molecule has 118 valence electrons. The van der Waals surface area contributed by atoms with E-state index in [0.717, 1.165) is 0 Å². The Labute approximate surface area is 128 Å². The van der Waals surface area contributed by atoms with E-state index >= 15 is 0 Å². The smallest absolute Gasteiger partial charge is 0.337 e. The van der Waals surface area contributed by atoms with Gasteiger partial charge in [-0.1, -0.05) is 12.1 Å². The van der Waals surface area contributed by atoms with Crippen LogP contribution >= 0.6 is 0 Å². The number of methoxy groups -OCH3 is 1. The normalized spacial score (nSPS) is 11.7. The van der Waals surface area contributed by atoms with E-state index in [1.165, 1.54) is 40.0 Å². The van der Waals surface area contributed by atoms with Crippen molar-refractivity contribution in [3.05, 3.63) is 35.4 Å². The van der Waals surface area contributed by atoms with Crippen LogP contribution in [-0.4, -0.2) is 30.6 Å². The summed E-state index contributed by atoms with van der Waals surface area (Å²) in [5.74, 6) is -2.47. The first-order valence-corrected chi connectivity index (χ1v) is 6.74. The van der Waals surface area contributed by atoms with Crippen molar-refractivity contribution in [3.8, 4) is 0 Å². The molecule has 0 saturated carbocycles. The molecule has 1 aromatic carbocycles. The predicted octanol–water partition coefficient (Wildman–Crippen LogP) is 1.44. The number of amides is 1. The highest BCUT2D eigenvalue weighted by atomic mass is 16.5. The van der Waals surface area contributed by atoms with Crippen LogP contribution in [0.5, 0.6) is 0 Å². The van der Waals surface area contributed by atoms with E-state index in [1.54, 1.807) is 12.1 Å². The average Bonchev–Trinajstić information content (AvgIpc) is 2.44. The van der Waals surface area contributed by atoms with Crippen molar-refractivity contribution in [3.63, 3.8) is 0 Å². The Hall–Kier alpha value is -2.50. The number of benzene rings is 1. The summed E-state index contributed by atoms with van der Waals surface area (Å²) in [4.78, 5) is 46.3. The number of ketones is 2. The molecule has 1 N–H and O–H groups in total. The lowest BCUT2D eigenvalue weighted by molar-refractivity contribution is -0.132. The molecule has 6 heteroatoms. The first kappa shape index (κ1) is 17.6. The van der Waals surface area contributed by atoms with Gasteiger partial charge in [-0.2, -0.15) is 0 Å². The van der Waals surface area contributed by atoms with Crippen LogP contribution in [0.2, 0.25) is 0 Å². The fourth-order valence-corrected chi connectivity index (χ4v) is 2.28. The molecule has 0 aliphatic carbocycles. The maximum atomic E-state index is 11.8. The second-order valence-electron chi connectivity index (χ2n) is 4.99. The van der Waals surface area contributed by atoms with Crippen LogP contribution in [0.4, 0.5) is 0 Å². The molecule has 0 aromatic heterocycles. The summed E-state index contributed by atoms with van der Waals surface area (Å²) < 4.78 is 4.61. The summed E-state index contributed by atoms with van der Waals surface area (Å²) >= 11 is 0. The van der Waals surface area contributed by atoms with Gasteiger partial charge >= 0.3 is 5.97 Å². The van der Waals surface area contributed by atoms with E-state index in [9.17, 15) is 19.2 Å². The van der Waals surface area contributed by atoms with Crippen molar-refractivity contribution in [2.45, 2.75) is 26.8 Å². The molecule has 22 heavy (non-hydrogen) atoms. The van der Waals surface area contributed by atoms with Crippen molar-refractivity contribution in [2.75, 3.05) is 7.11 Å². The van der Waals surface area contributed by atoms with E-state index in [4.69, 9.17) is 0 Å². The number of ether oxygens (including phenoxy) is 1. The molecule has 0 spiro atoms. The van der Waals surface area contributed by atoms with Crippen LogP contribution in [0.1, 0.15) is 42.7 Å². The molecule has 0 aliphatic rings. The molecule has 6 nitrogen and oxygen atoms in total. The zero-order valence-electron chi connectivity index (χ0n) is 13.0. The maximum Gasteiger partial charge on any atom is 0.337 e. The number of hydrogen-bond donors (Lipinski definition) is 1. The third-order valence-corrected chi connectivity index (χ3v) is 3.26. The second-order valence-corrected chi connectivity index (χ2v) is 4.99. The minimum Gasteiger partial charge on any atom is -0.465 e. The molecule has 0 fully saturated rings. The largest absolute Gasteiger partial charge is 0.465 e. The molecule has 1 unspecified atom stereocenters. The maximum absolute atomic E-state index is 11.8. The van der Waals surface area contributed by atoms with Crippen molar-refractivity contribution < 1.29 is 23.9 Å². The summed E-state index contributed by atoms with van der Waals surface area (Å²) in [6.07, 6.45) is 0. The van der Waals surface area contributed by atoms with Gasteiger partial charge < -0.3 is 10.1 Å². The fraction of sp³-hybridized carbons (Fsp3) is 0.375. The van der Waals surface area contributed by atoms with Gasteiger partial charge in [-0.15, -0.1) is 0 Å². The average molecular weight is 305 g/mol. The van der Waals surface area contributed by atoms with Gasteiger partial charge in [0.1, 0.15) is 17.5 Å². The quantitative estimate of drug-likeness (QED) is 0.634. The predicted molar refractivity (Wildman–Crippen MR) is 79.2 cm³/mol. The Balaban J connectivity index is 3.21. The molecule has 1 amide bonds. The summed E-state index contributed by atoms with van der Waals surface area (Å²) in [6.45, 7) is 3.93. The Bertz CT molecular complexity index is 577. The van der Waals surface area contributed by atoms with Crippen LogP contribution in [-0.2, 0) is 19.1 Å². The summed E-state index contributed by atoms with van der Waals surface area (Å²) in [5.41, 5.74) is 0.910. The lowest BCUT2D eigenvalue weighted by Gasteiger charge is -2.24. The number of carbonyl (C=O) groups is 4. The molecule has 0 saturated heterocycles. The van der Waals surface area contributed by atoms with Crippen LogP contribution in [0.15, 0.2) is 24.3 Å². The highest BCUT2D eigenvalue weighted by Crippen LogP contribution is 2.24. The van der Waals surface area contributed by atoms with Gasteiger partial charge in [0.2, 0.25) is 5.91 Å². The molecule has 1 aromatic rings. The number of nitrogens with one attached hydrogen (secondary N) is 1. The van der Waals surface area contributed by atoms with Crippen molar-refractivity contribution in [2.24, 2.45) is 5.92 Å². The second kappa shape index (κ2) is 7.49. The lowest BCUT2D eigenvalue weighted by atomic mass is 9.87.